The molecule has 1 heterocycles. The van der Waals surface area contributed by atoms with Gasteiger partial charge in [0.05, 0.1) is 23.8 Å². The third-order valence-electron chi connectivity index (χ3n) is 3.51. The van der Waals surface area contributed by atoms with Crippen LogP contribution in [-0.2, 0) is 4.74 Å². The van der Waals surface area contributed by atoms with Crippen LogP contribution < -0.4 is 10.5 Å². The fraction of sp³-hybridized carbons (Fsp3) is 0.538. The van der Waals surface area contributed by atoms with Crippen LogP contribution in [0.25, 0.3) is 0 Å². The maximum atomic E-state index is 6.29. The summed E-state index contributed by atoms with van der Waals surface area (Å²) in [6, 6.07) is 3.16. The molecule has 100 valence electrons. The van der Waals surface area contributed by atoms with E-state index in [1.807, 2.05) is 6.92 Å². The van der Waals surface area contributed by atoms with Gasteiger partial charge in [0.2, 0.25) is 0 Å². The Bertz CT molecular complexity index is 445. The van der Waals surface area contributed by atoms with Gasteiger partial charge in [-0.25, -0.2) is 0 Å². The minimum Gasteiger partial charge on any atom is -0.495 e. The average molecular weight is 290 g/mol. The fourth-order valence-corrected chi connectivity index (χ4v) is 2.83. The van der Waals surface area contributed by atoms with Crippen LogP contribution in [0.5, 0.6) is 5.75 Å². The fourth-order valence-electron chi connectivity index (χ4n) is 2.31. The first-order valence-electron chi connectivity index (χ1n) is 5.90. The third-order valence-corrected chi connectivity index (χ3v) is 4.14. The first kappa shape index (κ1) is 13.9. The van der Waals surface area contributed by atoms with Crippen molar-refractivity contribution >= 4 is 23.2 Å². The summed E-state index contributed by atoms with van der Waals surface area (Å²) in [7, 11) is 1.55. The van der Waals surface area contributed by atoms with Crippen molar-refractivity contribution in [2.45, 2.75) is 31.4 Å². The van der Waals surface area contributed by atoms with Crippen molar-refractivity contribution in [1.82, 2.24) is 0 Å². The minimum absolute atomic E-state index is 0.295. The van der Waals surface area contributed by atoms with Crippen LogP contribution in [0.4, 0.5) is 0 Å². The van der Waals surface area contributed by atoms with Crippen molar-refractivity contribution in [2.75, 3.05) is 13.7 Å². The molecule has 2 rings (SSSR count). The Morgan fingerprint density at radius 3 is 2.67 bits per heavy atom. The minimum atomic E-state index is -0.373. The smallest absolute Gasteiger partial charge is 0.138 e. The Morgan fingerprint density at radius 1 is 1.39 bits per heavy atom. The standard InChI is InChI=1S/C13H17Cl2NO2/c1-13(4-3-5-18-13)12(16)8-6-10(15)11(17-2)7-9(8)14/h6-7,12H,3-5,16H2,1-2H3. The highest BCUT2D eigenvalue weighted by atomic mass is 35.5. The van der Waals surface area contributed by atoms with E-state index in [4.69, 9.17) is 38.4 Å². The van der Waals surface area contributed by atoms with E-state index in [0.29, 0.717) is 15.8 Å². The van der Waals surface area contributed by atoms with E-state index in [9.17, 15) is 0 Å². The topological polar surface area (TPSA) is 44.5 Å². The van der Waals surface area contributed by atoms with Gasteiger partial charge in [-0.1, -0.05) is 23.2 Å². The maximum absolute atomic E-state index is 6.29. The van der Waals surface area contributed by atoms with Gasteiger partial charge in [-0.05, 0) is 31.4 Å². The summed E-state index contributed by atoms with van der Waals surface area (Å²) in [6.07, 6.45) is 1.94. The highest BCUT2D eigenvalue weighted by Crippen LogP contribution is 2.41. The molecule has 0 aromatic heterocycles. The van der Waals surface area contributed by atoms with Gasteiger partial charge >= 0.3 is 0 Å². The zero-order valence-electron chi connectivity index (χ0n) is 10.5. The van der Waals surface area contributed by atoms with Gasteiger partial charge in [0.15, 0.2) is 0 Å². The molecule has 0 aliphatic carbocycles. The van der Waals surface area contributed by atoms with E-state index in [1.165, 1.54) is 0 Å². The number of benzene rings is 1. The molecule has 0 radical (unpaired) electrons. The zero-order valence-corrected chi connectivity index (χ0v) is 12.0. The van der Waals surface area contributed by atoms with Crippen molar-refractivity contribution in [2.24, 2.45) is 5.73 Å². The number of hydrogen-bond donors (Lipinski definition) is 1. The van der Waals surface area contributed by atoms with Gasteiger partial charge in [0.25, 0.3) is 0 Å². The predicted octanol–water partition coefficient (Wildman–Crippen LogP) is 3.57. The molecule has 2 unspecified atom stereocenters. The van der Waals surface area contributed by atoms with E-state index in [1.54, 1.807) is 19.2 Å². The predicted molar refractivity (Wildman–Crippen MR) is 73.5 cm³/mol. The molecule has 18 heavy (non-hydrogen) atoms. The van der Waals surface area contributed by atoms with Gasteiger partial charge < -0.3 is 15.2 Å². The number of rotatable bonds is 3. The van der Waals surface area contributed by atoms with Crippen molar-refractivity contribution in [1.29, 1.82) is 0 Å². The van der Waals surface area contributed by atoms with Crippen molar-refractivity contribution < 1.29 is 9.47 Å². The molecule has 1 aromatic rings. The molecule has 1 fully saturated rings. The van der Waals surface area contributed by atoms with Gasteiger partial charge in [-0.3, -0.25) is 0 Å². The molecule has 1 aliphatic heterocycles. The Morgan fingerprint density at radius 2 is 2.11 bits per heavy atom. The molecule has 2 N–H and O–H groups in total. The summed E-state index contributed by atoms with van der Waals surface area (Å²) in [5, 5.41) is 1.06. The van der Waals surface area contributed by atoms with Gasteiger partial charge in [0.1, 0.15) is 5.75 Å². The van der Waals surface area contributed by atoms with E-state index < -0.39 is 0 Å². The summed E-state index contributed by atoms with van der Waals surface area (Å²) in [5.74, 6) is 0.551. The molecule has 0 bridgehead atoms. The molecule has 1 aromatic carbocycles. The highest BCUT2D eigenvalue weighted by molar-refractivity contribution is 6.34. The molecular weight excluding hydrogens is 273 g/mol. The number of hydrogen-bond acceptors (Lipinski definition) is 3. The highest BCUT2D eigenvalue weighted by Gasteiger charge is 2.38. The van der Waals surface area contributed by atoms with Crippen molar-refractivity contribution in [3.63, 3.8) is 0 Å². The van der Waals surface area contributed by atoms with Crippen LogP contribution in [0.2, 0.25) is 10.0 Å². The van der Waals surface area contributed by atoms with Gasteiger partial charge in [-0.15, -0.1) is 0 Å². The molecular formula is C13H17Cl2NO2. The van der Waals surface area contributed by atoms with Gasteiger partial charge in [-0.2, -0.15) is 0 Å². The third kappa shape index (κ3) is 2.45. The largest absolute Gasteiger partial charge is 0.495 e. The molecule has 0 amide bonds. The van der Waals surface area contributed by atoms with E-state index in [0.717, 1.165) is 25.0 Å². The number of ether oxygens (including phenoxy) is 2. The Balaban J connectivity index is 2.36. The van der Waals surface area contributed by atoms with Crippen LogP contribution >= 0.6 is 23.2 Å². The normalized spacial score (nSPS) is 25.2. The second-order valence-corrected chi connectivity index (χ2v) is 5.57. The lowest BCUT2D eigenvalue weighted by atomic mass is 9.88. The maximum Gasteiger partial charge on any atom is 0.138 e. The van der Waals surface area contributed by atoms with Crippen LogP contribution in [0.1, 0.15) is 31.4 Å². The lowest BCUT2D eigenvalue weighted by Crippen LogP contribution is -2.37. The molecule has 0 spiro atoms. The summed E-state index contributed by atoms with van der Waals surface area (Å²) in [6.45, 7) is 2.75. The lowest BCUT2D eigenvalue weighted by Gasteiger charge is -2.31. The second kappa shape index (κ2) is 5.25. The van der Waals surface area contributed by atoms with Crippen LogP contribution in [0.3, 0.4) is 0 Å². The quantitative estimate of drug-likeness (QED) is 0.925. The summed E-state index contributed by atoms with van der Waals surface area (Å²) in [5.41, 5.74) is 6.71. The Labute approximate surface area is 117 Å². The number of nitrogens with two attached hydrogens (primary N) is 1. The van der Waals surface area contributed by atoms with Crippen molar-refractivity contribution in [3.8, 4) is 5.75 Å². The molecule has 0 saturated carbocycles. The second-order valence-electron chi connectivity index (χ2n) is 4.75. The Hall–Kier alpha value is -0.480. The molecule has 5 heteroatoms. The zero-order chi connectivity index (χ0) is 13.3. The van der Waals surface area contributed by atoms with Gasteiger partial charge in [0, 0.05) is 17.7 Å². The number of halogens is 2. The van der Waals surface area contributed by atoms with Crippen LogP contribution in [-0.4, -0.2) is 19.3 Å². The molecule has 2 atom stereocenters. The number of methoxy groups -OCH3 is 1. The van der Waals surface area contributed by atoms with Crippen LogP contribution in [0, 0.1) is 0 Å². The molecule has 3 nitrogen and oxygen atoms in total. The monoisotopic (exact) mass is 289 g/mol. The molecule has 1 aliphatic rings. The molecule has 1 saturated heterocycles. The van der Waals surface area contributed by atoms with Crippen LogP contribution in [0.15, 0.2) is 12.1 Å². The van der Waals surface area contributed by atoms with E-state index in [2.05, 4.69) is 0 Å². The summed E-state index contributed by atoms with van der Waals surface area (Å²) in [4.78, 5) is 0. The van der Waals surface area contributed by atoms with Crippen molar-refractivity contribution in [3.05, 3.63) is 27.7 Å². The van der Waals surface area contributed by atoms with E-state index >= 15 is 0 Å². The summed E-state index contributed by atoms with van der Waals surface area (Å²) < 4.78 is 10.9. The first-order chi connectivity index (χ1) is 8.48. The van der Waals surface area contributed by atoms with E-state index in [-0.39, 0.29) is 11.6 Å². The first-order valence-corrected chi connectivity index (χ1v) is 6.66. The average Bonchev–Trinajstić information content (AvgIpc) is 2.79. The lowest BCUT2D eigenvalue weighted by molar-refractivity contribution is -0.00172. The summed E-state index contributed by atoms with van der Waals surface area (Å²) >= 11 is 12.4. The Kier molecular flexibility index (Phi) is 4.07. The SMILES string of the molecule is COc1cc(Cl)c(C(N)C2(C)CCCO2)cc1Cl.